The van der Waals surface area contributed by atoms with Crippen LogP contribution in [0.1, 0.15) is 44.6 Å². The number of nitrogen functional groups attached to an aromatic ring is 6. The lowest BCUT2D eigenvalue weighted by Crippen LogP contribution is -2.31. The lowest BCUT2D eigenvalue weighted by Gasteiger charge is -2.06. The van der Waals surface area contributed by atoms with E-state index in [2.05, 4.69) is 171 Å². The summed E-state index contributed by atoms with van der Waals surface area (Å²) >= 11 is 15.9. The molecule has 8 aromatic heterocycles. The molecule has 0 aliphatic carbocycles. The second-order valence-electron chi connectivity index (χ2n) is 19.4. The van der Waals surface area contributed by atoms with Gasteiger partial charge in [-0.15, -0.1) is 30.6 Å². The number of nitrogens with two attached hydrogens (primary N) is 6. The van der Waals surface area contributed by atoms with Crippen LogP contribution in [0.2, 0.25) is 0 Å². The topological polar surface area (TPSA) is 526 Å². The number of hydrogen-bond acceptors (Lipinski definition) is 31. The second-order valence-corrected chi connectivity index (χ2v) is 25.5. The number of carbonyl (C=O) groups excluding carboxylic acids is 1. The molecule has 98 heavy (non-hydrogen) atoms. The van der Waals surface area contributed by atoms with Gasteiger partial charge in [-0.1, -0.05) is 71.4 Å². The molecule has 0 unspecified atom stereocenters. The number of rotatable bonds is 16. The van der Waals surface area contributed by atoms with Gasteiger partial charge in [0.1, 0.15) is 18.4 Å². The molecule has 4 aromatic carbocycles. The lowest BCUT2D eigenvalue weighted by atomic mass is 10.1. The van der Waals surface area contributed by atoms with E-state index in [4.69, 9.17) is 52.9 Å². The van der Waals surface area contributed by atoms with E-state index in [1.54, 1.807) is 31.2 Å². The fourth-order valence-electron chi connectivity index (χ4n) is 7.89. The van der Waals surface area contributed by atoms with E-state index in [1.165, 1.54) is 42.1 Å². The molecule has 8 heterocycles. The van der Waals surface area contributed by atoms with Gasteiger partial charge in [-0.25, -0.2) is 68.9 Å². The van der Waals surface area contributed by atoms with E-state index < -0.39 is 21.7 Å². The summed E-state index contributed by atoms with van der Waals surface area (Å²) < 4.78 is 43.0. The highest BCUT2D eigenvalue weighted by Crippen LogP contribution is 2.31. The molecular weight excluding hydrogens is 1620 g/mol. The lowest BCUT2D eigenvalue weighted by molar-refractivity contribution is 0.0690. The average molecular weight is 1670 g/mol. The molecule has 12 aromatic rings. The zero-order valence-corrected chi connectivity index (χ0v) is 59.9. The molecule has 0 aliphatic rings. The molecule has 33 nitrogen and oxygen atoms in total. The van der Waals surface area contributed by atoms with Crippen molar-refractivity contribution >= 4 is 130 Å². The van der Waals surface area contributed by atoms with Crippen LogP contribution in [0.15, 0.2) is 165 Å². The zero-order valence-electron chi connectivity index (χ0n) is 51.2. The van der Waals surface area contributed by atoms with Crippen LogP contribution in [0.3, 0.4) is 0 Å². The maximum Gasteiger partial charge on any atom is 0.358 e. The van der Waals surface area contributed by atoms with Gasteiger partial charge < -0.3 is 57.7 Å². The van der Waals surface area contributed by atoms with Gasteiger partial charge in [0.25, 0.3) is 23.6 Å². The summed E-state index contributed by atoms with van der Waals surface area (Å²) in [6.45, 7) is 3.18. The predicted octanol–water partition coefficient (Wildman–Crippen LogP) is 8.59. The van der Waals surface area contributed by atoms with Gasteiger partial charge >= 0.3 is 5.97 Å². The Morgan fingerprint density at radius 1 is 0.459 bits per heavy atom. The number of halogens is 5. The number of hydrogen-bond donors (Lipinski definition) is 10. The van der Waals surface area contributed by atoms with Gasteiger partial charge in [-0.3, -0.25) is 10.2 Å². The van der Waals surface area contributed by atoms with Gasteiger partial charge in [-0.2, -0.15) is 0 Å². The first-order valence-electron chi connectivity index (χ1n) is 28.0. The minimum Gasteiger partial charge on any atom is -0.476 e. The van der Waals surface area contributed by atoms with E-state index in [0.717, 1.165) is 40.7 Å². The number of anilines is 5. The molecule has 0 bridgehead atoms. The quantitative estimate of drug-likeness (QED) is 0.0187. The molecule has 0 saturated carbocycles. The zero-order chi connectivity index (χ0) is 70.6. The normalized spacial score (nSPS) is 10.7. The predicted molar refractivity (Wildman–Crippen MR) is 379 cm³/mol. The minimum absolute atomic E-state index is 0.00637. The number of carboxylic acid groups (broad SMARTS) is 1. The van der Waals surface area contributed by atoms with E-state index in [1.807, 2.05) is 92.3 Å². The fourth-order valence-corrected chi connectivity index (χ4v) is 10.3. The Kier molecular flexibility index (Phi) is 26.1. The first-order chi connectivity index (χ1) is 47.0. The number of sulfone groups is 1. The summed E-state index contributed by atoms with van der Waals surface area (Å²) in [7, 11) is 0.515. The van der Waals surface area contributed by atoms with Gasteiger partial charge in [0.2, 0.25) is 17.7 Å². The highest BCUT2D eigenvalue weighted by Gasteiger charge is 2.21. The summed E-state index contributed by atoms with van der Waals surface area (Å²) in [6, 6.07) is 29.9. The molecule has 1 amide bonds. The summed E-state index contributed by atoms with van der Waals surface area (Å²) in [4.78, 5) is 61.4. The number of alkyl halides is 1. The maximum absolute atomic E-state index is 12.0. The Labute approximate surface area is 598 Å². The number of hydrazine groups is 1. The first-order valence-corrected chi connectivity index (χ1v) is 33.9. The summed E-state index contributed by atoms with van der Waals surface area (Å²) in [5.74, 6) is 5.55. The molecular formula is C59H54Br5N25O8S. The minimum atomic E-state index is -3.28. The van der Waals surface area contributed by atoms with Crippen LogP contribution in [0.4, 0.5) is 29.1 Å². The van der Waals surface area contributed by atoms with Gasteiger partial charge in [0.15, 0.2) is 67.4 Å². The van der Waals surface area contributed by atoms with Crippen molar-refractivity contribution in [3.8, 4) is 80.4 Å². The number of aromatic nitrogens is 16. The number of aromatic carboxylic acids is 1. The van der Waals surface area contributed by atoms with E-state index in [-0.39, 0.29) is 74.5 Å². The Morgan fingerprint density at radius 3 is 1.16 bits per heavy atom. The molecule has 0 spiro atoms. The Balaban J connectivity index is 0.000000165. The second kappa shape index (κ2) is 34.7. The summed E-state index contributed by atoms with van der Waals surface area (Å²) in [5, 5.41) is 39.7. The maximum atomic E-state index is 12.0. The number of nitrogens with zero attached hydrogens (tertiary/aromatic N) is 16. The van der Waals surface area contributed by atoms with Crippen molar-refractivity contribution in [1.29, 1.82) is 0 Å². The Morgan fingerprint density at radius 2 is 0.796 bits per heavy atom. The third kappa shape index (κ3) is 19.8. The van der Waals surface area contributed by atoms with Crippen molar-refractivity contribution in [2.24, 2.45) is 5.84 Å². The van der Waals surface area contributed by atoms with Crippen LogP contribution in [0.5, 0.6) is 0 Å². The van der Waals surface area contributed by atoms with Crippen LogP contribution in [0, 0.1) is 0 Å². The number of carboxylic acids is 1. The smallest absolute Gasteiger partial charge is 0.358 e. The molecule has 0 aliphatic heterocycles. The van der Waals surface area contributed by atoms with Crippen molar-refractivity contribution < 1.29 is 36.4 Å². The molecule has 504 valence electrons. The first kappa shape index (κ1) is 73.7. The van der Waals surface area contributed by atoms with Crippen LogP contribution < -0.4 is 50.6 Å². The highest BCUT2D eigenvalue weighted by molar-refractivity contribution is 9.11. The van der Waals surface area contributed by atoms with Crippen LogP contribution in [-0.2, 0) is 28.3 Å². The van der Waals surface area contributed by atoms with Gasteiger partial charge in [-0.05, 0) is 143 Å². The number of nitrogens with one attached hydrogen (secondary N) is 3. The van der Waals surface area contributed by atoms with E-state index in [0.29, 0.717) is 58.7 Å². The summed E-state index contributed by atoms with van der Waals surface area (Å²) in [6.07, 6.45) is 7.26. The van der Waals surface area contributed by atoms with Gasteiger partial charge in [0.05, 0.1) is 47.3 Å². The van der Waals surface area contributed by atoms with Gasteiger partial charge in [0, 0.05) is 40.7 Å². The Hall–Kier alpha value is -10.1. The number of carbonyl (C=O) groups is 2. The number of amides is 1. The SMILES string of the molecule is CCS(=O)(=O)c1ccc(-c2cnc(N)c(-c3nnc(-c4ccc(CNC)cc4)o3)n2)cc1.CNCc1ccc(-c2nnc(-c3nc(Br)cnc3N)o2)cc1.NNC(=O)c1nc(Br)cnc1N.Nc1ncc(Br)nc1-c1nnc(-c2ccc(CBr)cc2)o1.Nc1ncc(Br)nc1C(=O)O. The summed E-state index contributed by atoms with van der Waals surface area (Å²) in [5.41, 5.74) is 37.9. The third-order valence-electron chi connectivity index (χ3n) is 12.7. The molecule has 12 rings (SSSR count). The molecule has 16 N–H and O–H groups in total. The fraction of sp³-hybridized carbons (Fsp3) is 0.119. The van der Waals surface area contributed by atoms with E-state index in [9.17, 15) is 18.0 Å². The van der Waals surface area contributed by atoms with Crippen molar-refractivity contribution in [1.82, 2.24) is 96.5 Å². The third-order valence-corrected chi connectivity index (χ3v) is 16.7. The van der Waals surface area contributed by atoms with Crippen molar-refractivity contribution in [2.45, 2.75) is 30.2 Å². The largest absolute Gasteiger partial charge is 0.476 e. The molecule has 0 saturated heterocycles. The van der Waals surface area contributed by atoms with E-state index >= 15 is 0 Å². The van der Waals surface area contributed by atoms with Crippen molar-refractivity contribution in [3.63, 3.8) is 0 Å². The van der Waals surface area contributed by atoms with Crippen molar-refractivity contribution in [2.75, 3.05) is 48.5 Å². The van der Waals surface area contributed by atoms with Crippen LogP contribution >= 0.6 is 79.6 Å². The molecule has 0 radical (unpaired) electrons. The monoisotopic (exact) mass is 1670 g/mol. The average Bonchev–Trinajstić information content (AvgIpc) is 1.50. The highest BCUT2D eigenvalue weighted by atomic mass is 79.9. The molecule has 0 atom stereocenters. The standard InChI is InChI=1S/C22H22N6O3S.C14H13BrN6O.C13H9Br2N5O.C5H6BrN5O.C5H4BrN3O2/c1-3-32(29,30)17-10-8-15(9-11-17)18-13-25-20(23)19(26-18)22-28-27-21(31-22)16-6-4-14(5-7-16)12-24-2;1-17-6-8-2-4-9(5-3-8)13-20-21-14(22-13)11-12(16)18-7-10(15)19-11;14-5-7-1-3-8(4-2-7)12-19-20-13(21-12)10-11(16)17-6-9(15)18-10;6-2-1-9-4(7)3(10-2)5(12)11-8;6-2-1-8-4(7)3(9-2)5(10)11/h4-11,13,24H,3,12H2,1-2H3,(H2,23,25);2-5,7,17H,6H2,1H3,(H2,16,18);1-4,6H,5H2,(H2,16,17);1H,8H2,(H2,7,9)(H,11,12);1H,(H2,7,8)(H,10,11). The number of benzene rings is 4. The van der Waals surface area contributed by atoms with Crippen LogP contribution in [0.25, 0.3) is 80.4 Å². The van der Waals surface area contributed by atoms with Crippen LogP contribution in [-0.4, -0.2) is 126 Å². The molecule has 39 heteroatoms. The Bertz CT molecular complexity index is 4830. The molecule has 0 fully saturated rings. The van der Waals surface area contributed by atoms with Crippen molar-refractivity contribution in [3.05, 3.63) is 175 Å².